The van der Waals surface area contributed by atoms with Crippen LogP contribution < -0.4 is 5.73 Å². The van der Waals surface area contributed by atoms with Crippen LogP contribution in [0.15, 0.2) is 12.4 Å². The number of rotatable bonds is 3. The largest absolute Gasteiger partial charge is 0.409 e. The molecular weight excluding hydrogens is 195 g/mol. The van der Waals surface area contributed by atoms with Crippen molar-refractivity contribution in [2.75, 3.05) is 6.54 Å². The monoisotopic (exact) mass is 207 g/mol. The summed E-state index contributed by atoms with van der Waals surface area (Å²) in [4.78, 5) is 3.76. The summed E-state index contributed by atoms with van der Waals surface area (Å²) in [5.41, 5.74) is 5.15. The van der Waals surface area contributed by atoms with Gasteiger partial charge in [0.2, 0.25) is 0 Å². The van der Waals surface area contributed by atoms with Crippen molar-refractivity contribution in [1.82, 2.24) is 9.55 Å². The van der Waals surface area contributed by atoms with Gasteiger partial charge in [-0.15, -0.1) is 0 Å². The number of nitrogens with two attached hydrogens (primary N) is 1. The molecule has 1 aromatic heterocycles. The van der Waals surface area contributed by atoms with Crippen molar-refractivity contribution in [3.63, 3.8) is 0 Å². The van der Waals surface area contributed by atoms with Crippen LogP contribution in [0.25, 0.3) is 0 Å². The van der Waals surface area contributed by atoms with Crippen LogP contribution in [0.2, 0.25) is 0 Å². The molecular formula is C8H12F3N3. The van der Waals surface area contributed by atoms with E-state index in [0.29, 0.717) is 5.82 Å². The number of hydrogen-bond donors (Lipinski definition) is 1. The molecule has 0 aromatic carbocycles. The van der Waals surface area contributed by atoms with Crippen molar-refractivity contribution in [2.24, 2.45) is 5.73 Å². The van der Waals surface area contributed by atoms with Gasteiger partial charge in [0, 0.05) is 12.4 Å². The molecule has 0 saturated heterocycles. The van der Waals surface area contributed by atoms with Gasteiger partial charge in [0.05, 0.1) is 0 Å². The Balaban J connectivity index is 2.95. The van der Waals surface area contributed by atoms with Gasteiger partial charge < -0.3 is 10.3 Å². The zero-order valence-corrected chi connectivity index (χ0v) is 7.75. The molecule has 0 fully saturated rings. The molecule has 80 valence electrons. The Kier molecular flexibility index (Phi) is 3.15. The average Bonchev–Trinajstić information content (AvgIpc) is 2.45. The Labute approximate surface area is 79.7 Å². The molecule has 0 saturated carbocycles. The van der Waals surface area contributed by atoms with Crippen LogP contribution in [0.3, 0.4) is 0 Å². The molecule has 3 nitrogen and oxygen atoms in total. The first-order valence-corrected chi connectivity index (χ1v) is 4.23. The molecule has 2 N–H and O–H groups in total. The second kappa shape index (κ2) is 4.00. The summed E-state index contributed by atoms with van der Waals surface area (Å²) in [5, 5.41) is 0. The van der Waals surface area contributed by atoms with Gasteiger partial charge in [-0.25, -0.2) is 4.98 Å². The van der Waals surface area contributed by atoms with Crippen molar-refractivity contribution in [3.8, 4) is 0 Å². The third kappa shape index (κ3) is 2.25. The van der Waals surface area contributed by atoms with E-state index in [1.165, 1.54) is 19.3 Å². The quantitative estimate of drug-likeness (QED) is 0.818. The summed E-state index contributed by atoms with van der Waals surface area (Å²) in [7, 11) is 0. The minimum Gasteiger partial charge on any atom is -0.330 e. The van der Waals surface area contributed by atoms with Crippen molar-refractivity contribution < 1.29 is 13.2 Å². The number of hydrogen-bond acceptors (Lipinski definition) is 2. The van der Waals surface area contributed by atoms with E-state index in [2.05, 4.69) is 4.98 Å². The summed E-state index contributed by atoms with van der Waals surface area (Å²) in [6.45, 7) is 1.54. The molecule has 1 atom stereocenters. The summed E-state index contributed by atoms with van der Waals surface area (Å²) in [5.74, 6) is 0.348. The first-order valence-electron chi connectivity index (χ1n) is 4.23. The van der Waals surface area contributed by atoms with Crippen LogP contribution in [-0.2, 0) is 0 Å². The number of halogens is 3. The predicted molar refractivity (Wildman–Crippen MR) is 45.7 cm³/mol. The van der Waals surface area contributed by atoms with Gasteiger partial charge in [-0.2, -0.15) is 13.2 Å². The SMILES string of the molecule is Cc1nccn1C(CCN)C(F)(F)F. The van der Waals surface area contributed by atoms with Gasteiger partial charge in [0.15, 0.2) is 0 Å². The van der Waals surface area contributed by atoms with E-state index in [0.717, 1.165) is 4.57 Å². The maximum atomic E-state index is 12.5. The van der Waals surface area contributed by atoms with Crippen LogP contribution in [0.1, 0.15) is 18.3 Å². The normalized spacial score (nSPS) is 14.4. The molecule has 1 rings (SSSR count). The lowest BCUT2D eigenvalue weighted by molar-refractivity contribution is -0.169. The van der Waals surface area contributed by atoms with Gasteiger partial charge in [0.25, 0.3) is 0 Å². The Hall–Kier alpha value is -1.04. The Bertz CT molecular complexity index is 292. The third-order valence-electron chi connectivity index (χ3n) is 2.02. The standard InChI is InChI=1S/C8H12F3N3/c1-6-13-4-5-14(6)7(2-3-12)8(9,10)11/h4-5,7H,2-3,12H2,1H3. The zero-order valence-electron chi connectivity index (χ0n) is 7.75. The van der Waals surface area contributed by atoms with Crippen molar-refractivity contribution in [3.05, 3.63) is 18.2 Å². The maximum absolute atomic E-state index is 12.5. The molecule has 0 amide bonds. The topological polar surface area (TPSA) is 43.8 Å². The number of aromatic nitrogens is 2. The van der Waals surface area contributed by atoms with Gasteiger partial charge >= 0.3 is 6.18 Å². The third-order valence-corrected chi connectivity index (χ3v) is 2.02. The Morgan fingerprint density at radius 1 is 1.57 bits per heavy atom. The molecule has 1 unspecified atom stereocenters. The summed E-state index contributed by atoms with van der Waals surface area (Å²) in [6, 6.07) is -1.56. The van der Waals surface area contributed by atoms with Gasteiger partial charge in [-0.3, -0.25) is 0 Å². The first kappa shape index (κ1) is 11.0. The van der Waals surface area contributed by atoms with Crippen LogP contribution >= 0.6 is 0 Å². The second-order valence-electron chi connectivity index (χ2n) is 3.02. The molecule has 14 heavy (non-hydrogen) atoms. The lowest BCUT2D eigenvalue weighted by atomic mass is 10.2. The number of alkyl halides is 3. The van der Waals surface area contributed by atoms with Gasteiger partial charge in [0.1, 0.15) is 11.9 Å². The maximum Gasteiger partial charge on any atom is 0.409 e. The van der Waals surface area contributed by atoms with Crippen molar-refractivity contribution >= 4 is 0 Å². The Morgan fingerprint density at radius 2 is 2.21 bits per heavy atom. The number of nitrogens with zero attached hydrogens (tertiary/aromatic N) is 2. The highest BCUT2D eigenvalue weighted by Gasteiger charge is 2.40. The molecule has 1 aromatic rings. The molecule has 1 heterocycles. The molecule has 0 aliphatic carbocycles. The lowest BCUT2D eigenvalue weighted by Gasteiger charge is -2.22. The lowest BCUT2D eigenvalue weighted by Crippen LogP contribution is -2.29. The molecule has 6 heteroatoms. The van der Waals surface area contributed by atoms with Crippen LogP contribution in [-0.4, -0.2) is 22.3 Å². The fraction of sp³-hybridized carbons (Fsp3) is 0.625. The minimum absolute atomic E-state index is 0.00178. The van der Waals surface area contributed by atoms with Crippen LogP contribution in [0.5, 0.6) is 0 Å². The molecule has 0 bridgehead atoms. The van der Waals surface area contributed by atoms with E-state index in [-0.39, 0.29) is 13.0 Å². The highest BCUT2D eigenvalue weighted by molar-refractivity contribution is 4.94. The van der Waals surface area contributed by atoms with Gasteiger partial charge in [-0.05, 0) is 19.9 Å². The molecule has 0 spiro atoms. The first-order chi connectivity index (χ1) is 6.46. The van der Waals surface area contributed by atoms with Gasteiger partial charge in [-0.1, -0.05) is 0 Å². The average molecular weight is 207 g/mol. The van der Waals surface area contributed by atoms with E-state index in [9.17, 15) is 13.2 Å². The number of imidazole rings is 1. The van der Waals surface area contributed by atoms with E-state index >= 15 is 0 Å². The summed E-state index contributed by atoms with van der Waals surface area (Å²) in [6.07, 6.45) is -1.72. The molecule has 0 radical (unpaired) electrons. The van der Waals surface area contributed by atoms with Crippen molar-refractivity contribution in [1.29, 1.82) is 0 Å². The summed E-state index contributed by atoms with van der Waals surface area (Å²) < 4.78 is 38.7. The second-order valence-corrected chi connectivity index (χ2v) is 3.02. The minimum atomic E-state index is -4.27. The fourth-order valence-corrected chi connectivity index (χ4v) is 1.34. The smallest absolute Gasteiger partial charge is 0.330 e. The predicted octanol–water partition coefficient (Wildman–Crippen LogP) is 1.64. The molecule has 0 aliphatic heterocycles. The van der Waals surface area contributed by atoms with Crippen LogP contribution in [0, 0.1) is 6.92 Å². The number of aryl methyl sites for hydroxylation is 1. The van der Waals surface area contributed by atoms with Crippen LogP contribution in [0.4, 0.5) is 13.2 Å². The van der Waals surface area contributed by atoms with E-state index in [1.54, 1.807) is 0 Å². The Morgan fingerprint density at radius 3 is 2.57 bits per heavy atom. The van der Waals surface area contributed by atoms with E-state index in [1.807, 2.05) is 0 Å². The van der Waals surface area contributed by atoms with E-state index < -0.39 is 12.2 Å². The fourth-order valence-electron chi connectivity index (χ4n) is 1.34. The van der Waals surface area contributed by atoms with Crippen molar-refractivity contribution in [2.45, 2.75) is 25.6 Å². The summed E-state index contributed by atoms with van der Waals surface area (Å²) >= 11 is 0. The highest BCUT2D eigenvalue weighted by atomic mass is 19.4. The molecule has 0 aliphatic rings. The highest BCUT2D eigenvalue weighted by Crippen LogP contribution is 2.33. The zero-order chi connectivity index (χ0) is 10.8. The van der Waals surface area contributed by atoms with E-state index in [4.69, 9.17) is 5.73 Å².